The summed E-state index contributed by atoms with van der Waals surface area (Å²) < 4.78 is 1.67. The largest absolute Gasteiger partial charge is 0.352 e. The first-order valence-electron chi connectivity index (χ1n) is 8.87. The minimum Gasteiger partial charge on any atom is -0.352 e. The molecule has 5 heteroatoms. The highest BCUT2D eigenvalue weighted by Crippen LogP contribution is 2.26. The topological polar surface area (TPSA) is 77.1 Å². The number of benzene rings is 1. The SMILES string of the molecule is N[C@@H]1CCC[C@H]1CC(=O)NCc1ccc(Cn2ccccc2=O)cc1. The van der Waals surface area contributed by atoms with Gasteiger partial charge in [0.1, 0.15) is 0 Å². The molecule has 1 aliphatic rings. The lowest BCUT2D eigenvalue weighted by Gasteiger charge is -2.14. The van der Waals surface area contributed by atoms with Gasteiger partial charge < -0.3 is 15.6 Å². The molecule has 3 N–H and O–H groups in total. The molecule has 1 saturated carbocycles. The van der Waals surface area contributed by atoms with Crippen LogP contribution in [0.2, 0.25) is 0 Å². The third-order valence-electron chi connectivity index (χ3n) is 4.93. The maximum absolute atomic E-state index is 12.1. The highest BCUT2D eigenvalue weighted by molar-refractivity contribution is 5.76. The Balaban J connectivity index is 1.50. The molecule has 25 heavy (non-hydrogen) atoms. The molecule has 1 aromatic carbocycles. The van der Waals surface area contributed by atoms with Crippen molar-refractivity contribution in [2.75, 3.05) is 0 Å². The second kappa shape index (κ2) is 8.12. The summed E-state index contributed by atoms with van der Waals surface area (Å²) in [5, 5.41) is 2.97. The van der Waals surface area contributed by atoms with E-state index in [-0.39, 0.29) is 17.5 Å². The summed E-state index contributed by atoms with van der Waals surface area (Å²) in [6.07, 6.45) is 5.53. The molecular formula is C20H25N3O2. The van der Waals surface area contributed by atoms with Gasteiger partial charge in [0, 0.05) is 31.3 Å². The Morgan fingerprint density at radius 3 is 2.56 bits per heavy atom. The van der Waals surface area contributed by atoms with Crippen LogP contribution in [0.15, 0.2) is 53.5 Å². The lowest BCUT2D eigenvalue weighted by Crippen LogP contribution is -2.31. The normalized spacial score (nSPS) is 19.7. The molecule has 2 atom stereocenters. The van der Waals surface area contributed by atoms with Crippen LogP contribution in [0.3, 0.4) is 0 Å². The molecule has 1 aromatic heterocycles. The predicted molar refractivity (Wildman–Crippen MR) is 98.0 cm³/mol. The van der Waals surface area contributed by atoms with E-state index in [0.29, 0.717) is 25.4 Å². The van der Waals surface area contributed by atoms with Gasteiger partial charge in [0.05, 0.1) is 6.54 Å². The van der Waals surface area contributed by atoms with Gasteiger partial charge in [0.2, 0.25) is 5.91 Å². The maximum atomic E-state index is 12.1. The minimum absolute atomic E-state index is 0.0102. The van der Waals surface area contributed by atoms with Crippen LogP contribution in [0.25, 0.3) is 0 Å². The van der Waals surface area contributed by atoms with Crippen molar-refractivity contribution in [2.24, 2.45) is 11.7 Å². The van der Waals surface area contributed by atoms with Crippen LogP contribution in [0.5, 0.6) is 0 Å². The zero-order valence-corrected chi connectivity index (χ0v) is 14.4. The number of nitrogens with zero attached hydrogens (tertiary/aromatic N) is 1. The van der Waals surface area contributed by atoms with E-state index in [1.165, 1.54) is 0 Å². The van der Waals surface area contributed by atoms with Crippen LogP contribution < -0.4 is 16.6 Å². The van der Waals surface area contributed by atoms with Gasteiger partial charge >= 0.3 is 0 Å². The minimum atomic E-state index is -0.0102. The first-order chi connectivity index (χ1) is 12.1. The predicted octanol–water partition coefficient (Wildman–Crippen LogP) is 2.03. The average Bonchev–Trinajstić information content (AvgIpc) is 3.01. The Hall–Kier alpha value is -2.40. The lowest BCUT2D eigenvalue weighted by molar-refractivity contribution is -0.122. The fourth-order valence-electron chi connectivity index (χ4n) is 3.38. The molecule has 0 aliphatic heterocycles. The quantitative estimate of drug-likeness (QED) is 0.845. The number of carbonyl (C=O) groups excluding carboxylic acids is 1. The second-order valence-corrected chi connectivity index (χ2v) is 6.82. The van der Waals surface area contributed by atoms with Gasteiger partial charge in [-0.1, -0.05) is 36.8 Å². The Labute approximate surface area is 147 Å². The Kier molecular flexibility index (Phi) is 5.66. The fourth-order valence-corrected chi connectivity index (χ4v) is 3.38. The van der Waals surface area contributed by atoms with E-state index in [1.54, 1.807) is 22.9 Å². The van der Waals surface area contributed by atoms with Crippen LogP contribution in [0, 0.1) is 5.92 Å². The van der Waals surface area contributed by atoms with Crippen molar-refractivity contribution < 1.29 is 4.79 Å². The molecule has 0 unspecified atom stereocenters. The Morgan fingerprint density at radius 2 is 1.88 bits per heavy atom. The molecule has 1 aliphatic carbocycles. The highest BCUT2D eigenvalue weighted by atomic mass is 16.1. The molecule has 3 rings (SSSR count). The van der Waals surface area contributed by atoms with Crippen LogP contribution in [-0.2, 0) is 17.9 Å². The molecule has 0 saturated heterocycles. The van der Waals surface area contributed by atoms with E-state index in [9.17, 15) is 9.59 Å². The standard InChI is InChI=1S/C20H25N3O2/c21-18-5-3-4-17(18)12-19(24)22-13-15-7-9-16(10-8-15)14-23-11-2-1-6-20(23)25/h1-2,6-11,17-18H,3-5,12-14,21H2,(H,22,24)/t17-,18+/m0/s1. The van der Waals surface area contributed by atoms with Gasteiger partial charge in [-0.2, -0.15) is 0 Å². The maximum Gasteiger partial charge on any atom is 0.250 e. The number of aromatic nitrogens is 1. The van der Waals surface area contributed by atoms with Gasteiger partial charge in [-0.25, -0.2) is 0 Å². The molecular weight excluding hydrogens is 314 g/mol. The molecule has 1 fully saturated rings. The molecule has 0 bridgehead atoms. The van der Waals surface area contributed by atoms with Crippen LogP contribution >= 0.6 is 0 Å². The van der Waals surface area contributed by atoms with Gasteiger partial charge in [-0.05, 0) is 36.0 Å². The van der Waals surface area contributed by atoms with Crippen LogP contribution in [-0.4, -0.2) is 16.5 Å². The molecule has 132 valence electrons. The van der Waals surface area contributed by atoms with E-state index in [2.05, 4.69) is 5.32 Å². The Bertz CT molecular complexity index is 767. The van der Waals surface area contributed by atoms with E-state index < -0.39 is 0 Å². The number of pyridine rings is 1. The van der Waals surface area contributed by atoms with Crippen molar-refractivity contribution >= 4 is 5.91 Å². The summed E-state index contributed by atoms with van der Waals surface area (Å²) in [5.74, 6) is 0.397. The van der Waals surface area contributed by atoms with Crippen molar-refractivity contribution in [3.8, 4) is 0 Å². The number of hydrogen-bond acceptors (Lipinski definition) is 3. The number of rotatable bonds is 6. The first kappa shape index (κ1) is 17.4. The zero-order valence-electron chi connectivity index (χ0n) is 14.4. The summed E-state index contributed by atoms with van der Waals surface area (Å²) in [4.78, 5) is 23.8. The molecule has 1 amide bonds. The summed E-state index contributed by atoms with van der Waals surface area (Å²) in [7, 11) is 0. The molecule has 0 spiro atoms. The van der Waals surface area contributed by atoms with Crippen molar-refractivity contribution in [2.45, 2.75) is 44.8 Å². The average molecular weight is 339 g/mol. The number of nitrogens with one attached hydrogen (secondary N) is 1. The second-order valence-electron chi connectivity index (χ2n) is 6.82. The summed E-state index contributed by atoms with van der Waals surface area (Å²) in [5.41, 5.74) is 8.12. The number of hydrogen-bond donors (Lipinski definition) is 2. The number of nitrogens with two attached hydrogens (primary N) is 1. The fraction of sp³-hybridized carbons (Fsp3) is 0.400. The van der Waals surface area contributed by atoms with E-state index in [1.807, 2.05) is 30.3 Å². The van der Waals surface area contributed by atoms with Gasteiger partial charge in [-0.3, -0.25) is 9.59 Å². The van der Waals surface area contributed by atoms with E-state index in [0.717, 1.165) is 30.4 Å². The third-order valence-corrected chi connectivity index (χ3v) is 4.93. The van der Waals surface area contributed by atoms with Crippen molar-refractivity contribution in [3.63, 3.8) is 0 Å². The van der Waals surface area contributed by atoms with Gasteiger partial charge in [0.25, 0.3) is 5.56 Å². The number of carbonyl (C=O) groups is 1. The van der Waals surface area contributed by atoms with Gasteiger partial charge in [0.15, 0.2) is 0 Å². The van der Waals surface area contributed by atoms with Gasteiger partial charge in [-0.15, -0.1) is 0 Å². The first-order valence-corrected chi connectivity index (χ1v) is 8.87. The van der Waals surface area contributed by atoms with Crippen LogP contribution in [0.4, 0.5) is 0 Å². The summed E-state index contributed by atoms with van der Waals surface area (Å²) >= 11 is 0. The smallest absolute Gasteiger partial charge is 0.250 e. The molecule has 0 radical (unpaired) electrons. The third kappa shape index (κ3) is 4.79. The Morgan fingerprint density at radius 1 is 1.12 bits per heavy atom. The molecule has 2 aromatic rings. The zero-order chi connectivity index (χ0) is 17.6. The highest BCUT2D eigenvalue weighted by Gasteiger charge is 2.25. The van der Waals surface area contributed by atoms with Crippen molar-refractivity contribution in [1.29, 1.82) is 0 Å². The van der Waals surface area contributed by atoms with E-state index in [4.69, 9.17) is 5.73 Å². The lowest BCUT2D eigenvalue weighted by atomic mass is 10.00. The summed E-state index contributed by atoms with van der Waals surface area (Å²) in [6, 6.07) is 13.3. The summed E-state index contributed by atoms with van der Waals surface area (Å²) in [6.45, 7) is 1.07. The number of amides is 1. The monoisotopic (exact) mass is 339 g/mol. The van der Waals surface area contributed by atoms with Crippen molar-refractivity contribution in [3.05, 3.63) is 70.1 Å². The molecule has 1 heterocycles. The van der Waals surface area contributed by atoms with E-state index >= 15 is 0 Å². The van der Waals surface area contributed by atoms with Crippen LogP contribution in [0.1, 0.15) is 36.8 Å². The molecule has 5 nitrogen and oxygen atoms in total. The van der Waals surface area contributed by atoms with Crippen molar-refractivity contribution in [1.82, 2.24) is 9.88 Å².